The van der Waals surface area contributed by atoms with Crippen LogP contribution in [0.2, 0.25) is 18.6 Å². The van der Waals surface area contributed by atoms with E-state index in [1.807, 2.05) is 97.7 Å². The monoisotopic (exact) mass is 695 g/mol. The summed E-state index contributed by atoms with van der Waals surface area (Å²) in [7, 11) is -2.98. The van der Waals surface area contributed by atoms with E-state index in [0.717, 1.165) is 59.3 Å². The van der Waals surface area contributed by atoms with Crippen LogP contribution in [0.25, 0.3) is 0 Å². The number of carbonyl (C=O) groups excluding carboxylic acids is 3. The van der Waals surface area contributed by atoms with Gasteiger partial charge < -0.3 is 29.3 Å². The maximum absolute atomic E-state index is 14.9. The Labute approximate surface area is 296 Å². The first-order chi connectivity index (χ1) is 24.0. The molecule has 0 radical (unpaired) electrons. The molecule has 1 spiro atoms. The smallest absolute Gasteiger partial charge is 0.264 e. The Morgan fingerprint density at radius 3 is 2.48 bits per heavy atom. The molecule has 0 bridgehead atoms. The van der Waals surface area contributed by atoms with Crippen molar-refractivity contribution in [2.45, 2.75) is 101 Å². The molecule has 2 saturated heterocycles. The number of benzene rings is 3. The third-order valence-electron chi connectivity index (χ3n) is 11.5. The highest BCUT2D eigenvalue weighted by molar-refractivity contribution is 6.71. The Bertz CT molecular complexity index is 1780. The van der Waals surface area contributed by atoms with Crippen molar-refractivity contribution >= 4 is 37.4 Å². The Hall–Kier alpha value is -3.83. The lowest BCUT2D eigenvalue weighted by molar-refractivity contribution is -0.151. The van der Waals surface area contributed by atoms with Gasteiger partial charge in [-0.3, -0.25) is 14.4 Å². The molecule has 3 amide bonds. The van der Waals surface area contributed by atoms with E-state index < -0.39 is 31.5 Å². The quantitative estimate of drug-likeness (QED) is 0.309. The van der Waals surface area contributed by atoms with Gasteiger partial charge in [0.05, 0.1) is 37.4 Å². The summed E-state index contributed by atoms with van der Waals surface area (Å²) in [5, 5.41) is 10.3. The minimum Gasteiger partial charge on any atom is -0.432 e. The van der Waals surface area contributed by atoms with Gasteiger partial charge in [0, 0.05) is 42.2 Å². The van der Waals surface area contributed by atoms with Crippen molar-refractivity contribution in [2.75, 3.05) is 23.0 Å². The topological polar surface area (TPSA) is 111 Å². The second kappa shape index (κ2) is 13.7. The second-order valence-corrected chi connectivity index (χ2v) is 19.2. The number of ether oxygens (including phenoxy) is 1. The largest absolute Gasteiger partial charge is 0.432 e. The molecule has 0 saturated carbocycles. The lowest BCUT2D eigenvalue weighted by Crippen LogP contribution is -2.48. The molecule has 5 atom stereocenters. The van der Waals surface area contributed by atoms with Crippen molar-refractivity contribution in [2.24, 2.45) is 5.92 Å². The van der Waals surface area contributed by atoms with E-state index in [0.29, 0.717) is 32.5 Å². The van der Waals surface area contributed by atoms with E-state index in [1.165, 1.54) is 0 Å². The predicted octanol–water partition coefficient (Wildman–Crippen LogP) is 5.66. The average molecular weight is 696 g/mol. The number of hydrogen-bond acceptors (Lipinski definition) is 6. The molecule has 7 rings (SSSR count). The first-order valence-electron chi connectivity index (χ1n) is 18.2. The number of hydrogen-bond donors (Lipinski definition) is 2. The Kier molecular flexibility index (Phi) is 9.49. The fourth-order valence-corrected chi connectivity index (χ4v) is 11.7. The van der Waals surface area contributed by atoms with Gasteiger partial charge in [-0.1, -0.05) is 74.4 Å². The SMILES string of the molecule is C[C@H]1[C@H]([Si](C)(C)O)[C@@H](CC(=O)N2Cc3ccccc3C[C@H]2CO)O[C@]12C(=O)N(Cc1cccc(N3CCCCCCC3=O)c1)c1ccccc12. The van der Waals surface area contributed by atoms with Crippen molar-refractivity contribution in [3.8, 4) is 0 Å². The molecule has 0 unspecified atom stereocenters. The first kappa shape index (κ1) is 34.6. The van der Waals surface area contributed by atoms with Crippen LogP contribution in [0.15, 0.2) is 72.8 Å². The summed E-state index contributed by atoms with van der Waals surface area (Å²) in [6.07, 6.45) is 4.50. The fraction of sp³-hybridized carbons (Fsp3) is 0.475. The molecule has 2 N–H and O–H groups in total. The number of para-hydroxylation sites is 1. The first-order valence-corrected chi connectivity index (χ1v) is 21.2. The van der Waals surface area contributed by atoms with Gasteiger partial charge in [0.15, 0.2) is 13.9 Å². The molecule has 264 valence electrons. The molecular weight excluding hydrogens is 647 g/mol. The van der Waals surface area contributed by atoms with Crippen LogP contribution < -0.4 is 9.80 Å². The summed E-state index contributed by atoms with van der Waals surface area (Å²) in [6, 6.07) is 23.3. The zero-order valence-electron chi connectivity index (χ0n) is 29.4. The van der Waals surface area contributed by atoms with E-state index in [1.54, 1.807) is 9.80 Å². The van der Waals surface area contributed by atoms with E-state index in [2.05, 4.69) is 0 Å². The number of aliphatic hydroxyl groups is 1. The summed E-state index contributed by atoms with van der Waals surface area (Å²) in [6.45, 7) is 6.95. The number of amides is 3. The van der Waals surface area contributed by atoms with Gasteiger partial charge in [-0.2, -0.15) is 0 Å². The van der Waals surface area contributed by atoms with Gasteiger partial charge in [-0.15, -0.1) is 0 Å². The third-order valence-corrected chi connectivity index (χ3v) is 14.0. The number of nitrogens with zero attached hydrogens (tertiary/aromatic N) is 3. The van der Waals surface area contributed by atoms with Crippen LogP contribution in [0.3, 0.4) is 0 Å². The maximum atomic E-state index is 14.9. The van der Waals surface area contributed by atoms with Crippen molar-refractivity contribution < 1.29 is 29.0 Å². The highest BCUT2D eigenvalue weighted by Crippen LogP contribution is 2.59. The van der Waals surface area contributed by atoms with E-state index in [4.69, 9.17) is 4.74 Å². The van der Waals surface area contributed by atoms with Gasteiger partial charge in [-0.25, -0.2) is 0 Å². The number of rotatable bonds is 7. The molecular formula is C40H49N3O6Si. The molecule has 3 aromatic carbocycles. The predicted molar refractivity (Wildman–Crippen MR) is 195 cm³/mol. The Morgan fingerprint density at radius 2 is 1.70 bits per heavy atom. The molecule has 4 aliphatic rings. The summed E-state index contributed by atoms with van der Waals surface area (Å²) >= 11 is 0. The van der Waals surface area contributed by atoms with Crippen LogP contribution in [0.4, 0.5) is 11.4 Å². The van der Waals surface area contributed by atoms with Crippen LogP contribution in [-0.4, -0.2) is 66.1 Å². The number of fused-ring (bicyclic) bond motifs is 3. The molecule has 0 aliphatic carbocycles. The average Bonchev–Trinajstić information content (AvgIpc) is 3.52. The van der Waals surface area contributed by atoms with Gasteiger partial charge >= 0.3 is 0 Å². The summed E-state index contributed by atoms with van der Waals surface area (Å²) in [4.78, 5) is 59.2. The summed E-state index contributed by atoms with van der Waals surface area (Å²) < 4.78 is 6.95. The molecule has 50 heavy (non-hydrogen) atoms. The molecule has 0 aromatic heterocycles. The molecule has 4 aliphatic heterocycles. The Balaban J connectivity index is 1.18. The van der Waals surface area contributed by atoms with Crippen LogP contribution in [-0.2, 0) is 44.2 Å². The van der Waals surface area contributed by atoms with Gasteiger partial charge in [0.25, 0.3) is 5.91 Å². The summed E-state index contributed by atoms with van der Waals surface area (Å²) in [5.74, 6) is -0.608. The number of anilines is 2. The molecule has 10 heteroatoms. The van der Waals surface area contributed by atoms with Crippen molar-refractivity contribution in [1.29, 1.82) is 0 Å². The maximum Gasteiger partial charge on any atom is 0.264 e. The number of carbonyl (C=O) groups is 3. The molecule has 4 heterocycles. The molecule has 2 fully saturated rings. The van der Waals surface area contributed by atoms with E-state index in [-0.39, 0.29) is 36.8 Å². The highest BCUT2D eigenvalue weighted by Gasteiger charge is 2.66. The molecule has 9 nitrogen and oxygen atoms in total. The Morgan fingerprint density at radius 1 is 0.960 bits per heavy atom. The fourth-order valence-electron chi connectivity index (χ4n) is 9.16. The van der Waals surface area contributed by atoms with Gasteiger partial charge in [0.2, 0.25) is 11.8 Å². The zero-order valence-corrected chi connectivity index (χ0v) is 30.4. The van der Waals surface area contributed by atoms with E-state index in [9.17, 15) is 24.3 Å². The standard InChI is InChI=1S/C40H49N3O6Si/c1-27-38(50(2,3)48)35(23-37(46)42-25-30-15-8-7-14-29(30)22-32(42)26-44)49-40(27)33-17-9-10-18-34(33)43(39(40)47)24-28-13-12-16-31(21-28)41-20-11-5-4-6-19-36(41)45/h7-10,12-18,21,27,32,35,38,44,48H,4-6,11,19-20,22-26H2,1-3H3/t27-,32-,35+,38-,40+/m0/s1. The van der Waals surface area contributed by atoms with Crippen LogP contribution in [0.1, 0.15) is 67.7 Å². The third kappa shape index (κ3) is 6.10. The van der Waals surface area contributed by atoms with E-state index >= 15 is 0 Å². The van der Waals surface area contributed by atoms with Crippen LogP contribution in [0, 0.1) is 5.92 Å². The van der Waals surface area contributed by atoms with Crippen molar-refractivity contribution in [1.82, 2.24) is 4.90 Å². The van der Waals surface area contributed by atoms with Crippen LogP contribution >= 0.6 is 0 Å². The van der Waals surface area contributed by atoms with Crippen molar-refractivity contribution in [3.05, 3.63) is 95.1 Å². The van der Waals surface area contributed by atoms with Gasteiger partial charge in [0.1, 0.15) is 0 Å². The van der Waals surface area contributed by atoms with Gasteiger partial charge in [-0.05, 0) is 67.2 Å². The number of aliphatic hydroxyl groups excluding tert-OH is 1. The minimum atomic E-state index is -2.98. The minimum absolute atomic E-state index is 0.00771. The normalized spacial score (nSPS) is 26.9. The lowest BCUT2D eigenvalue weighted by atomic mass is 9.82. The molecule has 3 aromatic rings. The second-order valence-electron chi connectivity index (χ2n) is 15.2. The lowest BCUT2D eigenvalue weighted by Gasteiger charge is -2.37. The van der Waals surface area contributed by atoms with Crippen LogP contribution in [0.5, 0.6) is 0 Å². The zero-order chi connectivity index (χ0) is 35.2. The summed E-state index contributed by atoms with van der Waals surface area (Å²) in [5.41, 5.74) is 3.71. The van der Waals surface area contributed by atoms with Crippen molar-refractivity contribution in [3.63, 3.8) is 0 Å². The highest BCUT2D eigenvalue weighted by atomic mass is 28.4.